The van der Waals surface area contributed by atoms with E-state index in [-0.39, 0.29) is 12.3 Å². The summed E-state index contributed by atoms with van der Waals surface area (Å²) in [6, 6.07) is -0.538. The second kappa shape index (κ2) is 6.24. The summed E-state index contributed by atoms with van der Waals surface area (Å²) in [5, 5.41) is 0. The maximum Gasteiger partial charge on any atom is 0.307 e. The molecule has 1 aliphatic rings. The molecule has 6 nitrogen and oxygen atoms in total. The number of ether oxygens (including phenoxy) is 1. The van der Waals surface area contributed by atoms with Crippen LogP contribution in [0, 0.1) is 5.92 Å². The normalized spacial score (nSPS) is 20.6. The molecule has 0 aromatic rings. The van der Waals surface area contributed by atoms with Crippen molar-refractivity contribution in [3.8, 4) is 0 Å². The lowest BCUT2D eigenvalue weighted by atomic mass is 10.1. The van der Waals surface area contributed by atoms with Crippen LogP contribution in [0.1, 0.15) is 47.0 Å². The van der Waals surface area contributed by atoms with E-state index in [0.717, 1.165) is 6.42 Å². The quantitative estimate of drug-likeness (QED) is 0.774. The first-order valence-electron chi connectivity index (χ1n) is 6.93. The van der Waals surface area contributed by atoms with E-state index in [1.807, 2.05) is 0 Å². The van der Waals surface area contributed by atoms with Crippen LogP contribution in [-0.2, 0) is 19.1 Å². The monoisotopic (exact) mass is 284 g/mol. The van der Waals surface area contributed by atoms with E-state index in [1.165, 1.54) is 4.90 Å². The van der Waals surface area contributed by atoms with E-state index in [0.29, 0.717) is 13.0 Å². The molecule has 0 saturated carbocycles. The van der Waals surface area contributed by atoms with Crippen molar-refractivity contribution in [3.05, 3.63) is 0 Å². The Kier molecular flexibility index (Phi) is 5.14. The number of hydrogen-bond acceptors (Lipinski definition) is 4. The number of hydrogen-bond donors (Lipinski definition) is 1. The van der Waals surface area contributed by atoms with Crippen LogP contribution in [0.4, 0.5) is 0 Å². The van der Waals surface area contributed by atoms with Crippen LogP contribution in [0.2, 0.25) is 0 Å². The van der Waals surface area contributed by atoms with Gasteiger partial charge in [0.1, 0.15) is 11.6 Å². The lowest BCUT2D eigenvalue weighted by molar-refractivity contribution is -0.158. The molecule has 6 heteroatoms. The van der Waals surface area contributed by atoms with Gasteiger partial charge in [0.2, 0.25) is 11.8 Å². The topological polar surface area (TPSA) is 89.7 Å². The molecule has 2 atom stereocenters. The second-order valence-corrected chi connectivity index (χ2v) is 6.28. The van der Waals surface area contributed by atoms with Crippen LogP contribution >= 0.6 is 0 Å². The van der Waals surface area contributed by atoms with Crippen LogP contribution in [0.3, 0.4) is 0 Å². The van der Waals surface area contributed by atoms with Crippen LogP contribution in [0.5, 0.6) is 0 Å². The van der Waals surface area contributed by atoms with Gasteiger partial charge in [-0.25, -0.2) is 0 Å². The highest BCUT2D eigenvalue weighted by molar-refractivity contribution is 5.89. The van der Waals surface area contributed by atoms with Crippen molar-refractivity contribution in [2.45, 2.75) is 58.6 Å². The SMILES string of the molecule is C[C@H](CC(=O)OC(C)(C)C)C(=O)N1CCC[C@H]1C(N)=O. The first kappa shape index (κ1) is 16.5. The first-order valence-corrected chi connectivity index (χ1v) is 6.93. The molecular formula is C14H24N2O4. The van der Waals surface area contributed by atoms with E-state index >= 15 is 0 Å². The zero-order chi connectivity index (χ0) is 15.5. The number of carbonyl (C=O) groups is 3. The number of carbonyl (C=O) groups excluding carboxylic acids is 3. The van der Waals surface area contributed by atoms with Gasteiger partial charge in [-0.3, -0.25) is 14.4 Å². The number of amides is 2. The van der Waals surface area contributed by atoms with E-state index in [9.17, 15) is 14.4 Å². The number of nitrogens with two attached hydrogens (primary N) is 1. The second-order valence-electron chi connectivity index (χ2n) is 6.28. The van der Waals surface area contributed by atoms with Crippen LogP contribution in [0.25, 0.3) is 0 Å². The van der Waals surface area contributed by atoms with E-state index in [4.69, 9.17) is 10.5 Å². The van der Waals surface area contributed by atoms with Gasteiger partial charge in [-0.15, -0.1) is 0 Å². The summed E-state index contributed by atoms with van der Waals surface area (Å²) in [4.78, 5) is 36.8. The third-order valence-corrected chi connectivity index (χ3v) is 3.18. The number of nitrogens with zero attached hydrogens (tertiary/aromatic N) is 1. The maximum absolute atomic E-state index is 12.3. The highest BCUT2D eigenvalue weighted by Gasteiger charge is 2.35. The van der Waals surface area contributed by atoms with Crippen molar-refractivity contribution in [3.63, 3.8) is 0 Å². The van der Waals surface area contributed by atoms with Crippen molar-refractivity contribution in [1.29, 1.82) is 0 Å². The fourth-order valence-electron chi connectivity index (χ4n) is 2.33. The molecule has 0 radical (unpaired) electrons. The van der Waals surface area contributed by atoms with Gasteiger partial charge in [-0.05, 0) is 33.6 Å². The molecule has 2 N–H and O–H groups in total. The Morgan fingerprint density at radius 3 is 2.45 bits per heavy atom. The molecule has 0 aromatic carbocycles. The molecule has 0 unspecified atom stereocenters. The molecule has 20 heavy (non-hydrogen) atoms. The average Bonchev–Trinajstić information content (AvgIpc) is 2.73. The fourth-order valence-corrected chi connectivity index (χ4v) is 2.33. The molecule has 0 aliphatic carbocycles. The minimum Gasteiger partial charge on any atom is -0.460 e. The molecule has 0 spiro atoms. The summed E-state index contributed by atoms with van der Waals surface area (Å²) >= 11 is 0. The van der Waals surface area contributed by atoms with Crippen molar-refractivity contribution < 1.29 is 19.1 Å². The van der Waals surface area contributed by atoms with Crippen molar-refractivity contribution in [2.24, 2.45) is 11.7 Å². The van der Waals surface area contributed by atoms with Gasteiger partial charge in [-0.1, -0.05) is 6.92 Å². The molecule has 1 aliphatic heterocycles. The van der Waals surface area contributed by atoms with Gasteiger partial charge < -0.3 is 15.4 Å². The van der Waals surface area contributed by atoms with Crippen LogP contribution in [0.15, 0.2) is 0 Å². The Bertz CT molecular complexity index is 400. The molecule has 1 heterocycles. The first-order chi connectivity index (χ1) is 9.11. The standard InChI is InChI=1S/C14H24N2O4/c1-9(8-11(17)20-14(2,3)4)13(19)16-7-5-6-10(16)12(15)18/h9-10H,5-8H2,1-4H3,(H2,15,18)/t9-,10+/m1/s1. The van der Waals surface area contributed by atoms with Gasteiger partial charge >= 0.3 is 5.97 Å². The van der Waals surface area contributed by atoms with Gasteiger partial charge in [0, 0.05) is 12.5 Å². The summed E-state index contributed by atoms with van der Waals surface area (Å²) in [7, 11) is 0. The lowest BCUT2D eigenvalue weighted by Crippen LogP contribution is -2.46. The Morgan fingerprint density at radius 2 is 1.95 bits per heavy atom. The smallest absolute Gasteiger partial charge is 0.307 e. The minimum atomic E-state index is -0.566. The third-order valence-electron chi connectivity index (χ3n) is 3.18. The zero-order valence-electron chi connectivity index (χ0n) is 12.6. The Hall–Kier alpha value is -1.59. The Balaban J connectivity index is 2.59. The highest BCUT2D eigenvalue weighted by atomic mass is 16.6. The third kappa shape index (κ3) is 4.51. The molecule has 0 aromatic heterocycles. The van der Waals surface area contributed by atoms with Gasteiger partial charge in [0.05, 0.1) is 6.42 Å². The maximum atomic E-state index is 12.3. The lowest BCUT2D eigenvalue weighted by Gasteiger charge is -2.26. The summed E-state index contributed by atoms with van der Waals surface area (Å²) < 4.78 is 5.19. The summed E-state index contributed by atoms with van der Waals surface area (Å²) in [5.41, 5.74) is 4.72. The number of rotatable bonds is 4. The number of primary amides is 1. The Morgan fingerprint density at radius 1 is 1.35 bits per heavy atom. The molecular weight excluding hydrogens is 260 g/mol. The predicted octanol–water partition coefficient (Wildman–Crippen LogP) is 0.831. The molecule has 2 amide bonds. The Labute approximate surface area is 119 Å². The van der Waals surface area contributed by atoms with Crippen molar-refractivity contribution >= 4 is 17.8 Å². The molecule has 1 rings (SSSR count). The fraction of sp³-hybridized carbons (Fsp3) is 0.786. The van der Waals surface area contributed by atoms with E-state index < -0.39 is 29.4 Å². The molecule has 1 saturated heterocycles. The number of likely N-dealkylation sites (tertiary alicyclic amines) is 1. The number of esters is 1. The predicted molar refractivity (Wildman–Crippen MR) is 73.6 cm³/mol. The molecule has 114 valence electrons. The summed E-state index contributed by atoms with van der Waals surface area (Å²) in [6.07, 6.45) is 1.37. The van der Waals surface area contributed by atoms with Gasteiger partial charge in [0.15, 0.2) is 0 Å². The van der Waals surface area contributed by atoms with Crippen LogP contribution in [-0.4, -0.2) is 40.9 Å². The minimum absolute atomic E-state index is 0.0120. The molecule has 0 bridgehead atoms. The van der Waals surface area contributed by atoms with Crippen molar-refractivity contribution in [1.82, 2.24) is 4.90 Å². The highest BCUT2D eigenvalue weighted by Crippen LogP contribution is 2.21. The van der Waals surface area contributed by atoms with Gasteiger partial charge in [0.25, 0.3) is 0 Å². The summed E-state index contributed by atoms with van der Waals surface area (Å²) in [5.74, 6) is -1.62. The van der Waals surface area contributed by atoms with E-state index in [2.05, 4.69) is 0 Å². The van der Waals surface area contributed by atoms with Crippen LogP contribution < -0.4 is 5.73 Å². The largest absolute Gasteiger partial charge is 0.460 e. The summed E-state index contributed by atoms with van der Waals surface area (Å²) in [6.45, 7) is 7.52. The average molecular weight is 284 g/mol. The van der Waals surface area contributed by atoms with Gasteiger partial charge in [-0.2, -0.15) is 0 Å². The van der Waals surface area contributed by atoms with Crippen molar-refractivity contribution in [2.75, 3.05) is 6.54 Å². The van der Waals surface area contributed by atoms with E-state index in [1.54, 1.807) is 27.7 Å². The zero-order valence-corrected chi connectivity index (χ0v) is 12.6. The molecule has 1 fully saturated rings.